The minimum absolute atomic E-state index is 0.359. The standard InChI is InChI=1S/C18H26N4O3S3/c1-6-14-7-9-15(10-8-14)22(28(5,24)25)13(4)16(23)19-17-20-21-18(27-17)26-11-12(2)3/h7-10,12-13H,6,11H2,1-5H3,(H,19,20,23)/t13-/m0/s1. The Morgan fingerprint density at radius 1 is 1.21 bits per heavy atom. The topological polar surface area (TPSA) is 92.3 Å². The lowest BCUT2D eigenvalue weighted by atomic mass is 10.1. The smallest absolute Gasteiger partial charge is 0.249 e. The number of aromatic nitrogens is 2. The number of sulfonamides is 1. The van der Waals surface area contributed by atoms with Gasteiger partial charge in [0, 0.05) is 5.75 Å². The molecule has 0 spiro atoms. The molecular weight excluding hydrogens is 416 g/mol. The molecule has 0 aliphatic heterocycles. The number of benzene rings is 1. The van der Waals surface area contributed by atoms with E-state index in [1.807, 2.05) is 19.1 Å². The summed E-state index contributed by atoms with van der Waals surface area (Å²) in [5, 5.41) is 11.1. The summed E-state index contributed by atoms with van der Waals surface area (Å²) in [5.41, 5.74) is 1.54. The van der Waals surface area contributed by atoms with Crippen LogP contribution < -0.4 is 9.62 Å². The Kier molecular flexibility index (Phi) is 7.85. The van der Waals surface area contributed by atoms with E-state index in [2.05, 4.69) is 29.4 Å². The van der Waals surface area contributed by atoms with Gasteiger partial charge in [0.1, 0.15) is 6.04 Å². The number of thioether (sulfide) groups is 1. The van der Waals surface area contributed by atoms with Crippen LogP contribution in [0.5, 0.6) is 0 Å². The number of rotatable bonds is 9. The Morgan fingerprint density at radius 3 is 2.39 bits per heavy atom. The summed E-state index contributed by atoms with van der Waals surface area (Å²) >= 11 is 2.86. The third-order valence-electron chi connectivity index (χ3n) is 3.86. The van der Waals surface area contributed by atoms with E-state index in [0.717, 1.165) is 32.6 Å². The van der Waals surface area contributed by atoms with Crippen molar-refractivity contribution >= 4 is 49.8 Å². The van der Waals surface area contributed by atoms with Crippen molar-refractivity contribution in [1.82, 2.24) is 10.2 Å². The van der Waals surface area contributed by atoms with Gasteiger partial charge in [0.25, 0.3) is 0 Å². The number of anilines is 2. The highest BCUT2D eigenvalue weighted by Gasteiger charge is 2.29. The van der Waals surface area contributed by atoms with Crippen LogP contribution in [-0.2, 0) is 21.2 Å². The second-order valence-electron chi connectivity index (χ2n) is 6.82. The number of amides is 1. The van der Waals surface area contributed by atoms with Crippen LogP contribution in [0.15, 0.2) is 28.6 Å². The zero-order valence-electron chi connectivity index (χ0n) is 16.7. The average Bonchev–Trinajstić information content (AvgIpc) is 3.07. The van der Waals surface area contributed by atoms with E-state index >= 15 is 0 Å². The third kappa shape index (κ3) is 6.18. The van der Waals surface area contributed by atoms with E-state index in [9.17, 15) is 13.2 Å². The first-order chi connectivity index (χ1) is 13.1. The molecule has 1 aromatic heterocycles. The van der Waals surface area contributed by atoms with Crippen molar-refractivity contribution in [3.63, 3.8) is 0 Å². The molecule has 0 unspecified atom stereocenters. The summed E-state index contributed by atoms with van der Waals surface area (Å²) in [4.78, 5) is 12.7. The number of aryl methyl sites for hydroxylation is 1. The highest BCUT2D eigenvalue weighted by Crippen LogP contribution is 2.28. The van der Waals surface area contributed by atoms with Crippen molar-refractivity contribution in [1.29, 1.82) is 0 Å². The quantitative estimate of drug-likeness (QED) is 0.471. The second-order valence-corrected chi connectivity index (χ2v) is 10.9. The Morgan fingerprint density at radius 2 is 1.86 bits per heavy atom. The summed E-state index contributed by atoms with van der Waals surface area (Å²) in [5.74, 6) is 0.977. The molecule has 0 bridgehead atoms. The van der Waals surface area contributed by atoms with Gasteiger partial charge in [0.05, 0.1) is 11.9 Å². The number of nitrogens with one attached hydrogen (secondary N) is 1. The molecule has 0 radical (unpaired) electrons. The lowest BCUT2D eigenvalue weighted by molar-refractivity contribution is -0.116. The van der Waals surface area contributed by atoms with Gasteiger partial charge >= 0.3 is 0 Å². The molecule has 1 N–H and O–H groups in total. The van der Waals surface area contributed by atoms with Crippen LogP contribution in [0.1, 0.15) is 33.3 Å². The molecule has 154 valence electrons. The maximum atomic E-state index is 12.7. The van der Waals surface area contributed by atoms with Gasteiger partial charge < -0.3 is 0 Å². The molecular formula is C18H26N4O3S3. The lowest BCUT2D eigenvalue weighted by Gasteiger charge is -2.28. The van der Waals surface area contributed by atoms with Crippen LogP contribution in [0.25, 0.3) is 0 Å². The molecule has 1 atom stereocenters. The van der Waals surface area contributed by atoms with Crippen LogP contribution in [0, 0.1) is 5.92 Å². The van der Waals surface area contributed by atoms with Gasteiger partial charge in [-0.2, -0.15) is 0 Å². The Labute approximate surface area is 175 Å². The third-order valence-corrected chi connectivity index (χ3v) is 7.50. The zero-order chi connectivity index (χ0) is 20.9. The molecule has 0 aliphatic carbocycles. The fraction of sp³-hybridized carbons (Fsp3) is 0.500. The van der Waals surface area contributed by atoms with Crippen molar-refractivity contribution in [2.75, 3.05) is 21.6 Å². The van der Waals surface area contributed by atoms with E-state index in [1.165, 1.54) is 11.3 Å². The van der Waals surface area contributed by atoms with Crippen LogP contribution in [-0.4, -0.2) is 42.6 Å². The summed E-state index contributed by atoms with van der Waals surface area (Å²) in [6.45, 7) is 7.81. The fourth-order valence-corrected chi connectivity index (χ4v) is 5.36. The van der Waals surface area contributed by atoms with Crippen molar-refractivity contribution in [2.24, 2.45) is 5.92 Å². The first-order valence-electron chi connectivity index (χ1n) is 8.97. The van der Waals surface area contributed by atoms with E-state index in [4.69, 9.17) is 0 Å². The van der Waals surface area contributed by atoms with Gasteiger partial charge in [0.15, 0.2) is 4.34 Å². The van der Waals surface area contributed by atoms with Crippen LogP contribution in [0.4, 0.5) is 10.8 Å². The van der Waals surface area contributed by atoms with Crippen LogP contribution in [0.2, 0.25) is 0 Å². The highest BCUT2D eigenvalue weighted by molar-refractivity contribution is 8.01. The number of hydrogen-bond donors (Lipinski definition) is 1. The molecule has 7 nitrogen and oxygen atoms in total. The number of carbonyl (C=O) groups is 1. The normalized spacial score (nSPS) is 12.8. The predicted molar refractivity (Wildman–Crippen MR) is 117 cm³/mol. The molecule has 28 heavy (non-hydrogen) atoms. The molecule has 2 rings (SSSR count). The van der Waals surface area contributed by atoms with Crippen molar-refractivity contribution < 1.29 is 13.2 Å². The van der Waals surface area contributed by atoms with Gasteiger partial charge in [0.2, 0.25) is 21.1 Å². The van der Waals surface area contributed by atoms with Gasteiger partial charge in [-0.3, -0.25) is 14.4 Å². The second kappa shape index (κ2) is 9.71. The molecule has 1 aromatic carbocycles. The van der Waals surface area contributed by atoms with Crippen molar-refractivity contribution in [2.45, 2.75) is 44.5 Å². The van der Waals surface area contributed by atoms with Gasteiger partial charge in [-0.25, -0.2) is 8.42 Å². The molecule has 0 saturated heterocycles. The number of carbonyl (C=O) groups excluding carboxylic acids is 1. The minimum atomic E-state index is -3.65. The monoisotopic (exact) mass is 442 g/mol. The van der Waals surface area contributed by atoms with Gasteiger partial charge in [-0.05, 0) is 37.0 Å². The van der Waals surface area contributed by atoms with E-state index < -0.39 is 22.0 Å². The van der Waals surface area contributed by atoms with Gasteiger partial charge in [-0.15, -0.1) is 10.2 Å². The largest absolute Gasteiger partial charge is 0.299 e. The molecule has 2 aromatic rings. The van der Waals surface area contributed by atoms with Crippen LogP contribution in [0.3, 0.4) is 0 Å². The molecule has 1 heterocycles. The molecule has 0 aliphatic rings. The van der Waals surface area contributed by atoms with Crippen molar-refractivity contribution in [3.05, 3.63) is 29.8 Å². The Balaban J connectivity index is 2.15. The highest BCUT2D eigenvalue weighted by atomic mass is 32.2. The maximum Gasteiger partial charge on any atom is 0.249 e. The van der Waals surface area contributed by atoms with Crippen molar-refractivity contribution in [3.8, 4) is 0 Å². The summed E-state index contributed by atoms with van der Waals surface area (Å²) in [6, 6.07) is 6.23. The number of nitrogens with zero attached hydrogens (tertiary/aromatic N) is 3. The van der Waals surface area contributed by atoms with E-state index in [0.29, 0.717) is 16.7 Å². The van der Waals surface area contributed by atoms with Crippen LogP contribution >= 0.6 is 23.1 Å². The Hall–Kier alpha value is -1.65. The van der Waals surface area contributed by atoms with Gasteiger partial charge in [-0.1, -0.05) is 56.0 Å². The fourth-order valence-electron chi connectivity index (χ4n) is 2.45. The maximum absolute atomic E-state index is 12.7. The first-order valence-corrected chi connectivity index (χ1v) is 12.6. The SMILES string of the molecule is CCc1ccc(N([C@@H](C)C(=O)Nc2nnc(SCC(C)C)s2)S(C)(=O)=O)cc1. The lowest BCUT2D eigenvalue weighted by Crippen LogP contribution is -2.45. The first kappa shape index (κ1) is 22.6. The molecule has 0 fully saturated rings. The summed E-state index contributed by atoms with van der Waals surface area (Å²) in [6.07, 6.45) is 1.94. The molecule has 0 saturated carbocycles. The summed E-state index contributed by atoms with van der Waals surface area (Å²) < 4.78 is 26.6. The number of hydrogen-bond acceptors (Lipinski definition) is 7. The van der Waals surface area contributed by atoms with E-state index in [1.54, 1.807) is 30.8 Å². The molecule has 10 heteroatoms. The van der Waals surface area contributed by atoms with E-state index in [-0.39, 0.29) is 0 Å². The average molecular weight is 443 g/mol. The zero-order valence-corrected chi connectivity index (χ0v) is 19.1. The Bertz CT molecular complexity index is 895. The predicted octanol–water partition coefficient (Wildman–Crippen LogP) is 3.64. The summed E-state index contributed by atoms with van der Waals surface area (Å²) in [7, 11) is -3.65. The minimum Gasteiger partial charge on any atom is -0.299 e. The molecule has 1 amide bonds.